The van der Waals surface area contributed by atoms with Gasteiger partial charge < -0.3 is 5.32 Å². The molecule has 1 N–H and O–H groups in total. The Balaban J connectivity index is 2.05. The fourth-order valence-corrected chi connectivity index (χ4v) is 3.49. The molecule has 106 valence electrons. The number of halogens is 2. The van der Waals surface area contributed by atoms with E-state index in [1.54, 1.807) is 12.1 Å². The largest absolute Gasteiger partial charge is 0.316 e. The number of nitrogens with one attached hydrogen (secondary N) is 1. The van der Waals surface area contributed by atoms with Gasteiger partial charge in [-0.05, 0) is 61.9 Å². The number of hydrogen-bond donors (Lipinski definition) is 1. The van der Waals surface area contributed by atoms with Crippen LogP contribution >= 0.6 is 11.6 Å². The van der Waals surface area contributed by atoms with Crippen molar-refractivity contribution >= 4 is 11.6 Å². The zero-order chi connectivity index (χ0) is 13.8. The van der Waals surface area contributed by atoms with Crippen molar-refractivity contribution in [3.8, 4) is 0 Å². The van der Waals surface area contributed by atoms with Gasteiger partial charge in [0, 0.05) is 11.1 Å². The normalized spacial score (nSPS) is 24.6. The van der Waals surface area contributed by atoms with Gasteiger partial charge >= 0.3 is 0 Å². The van der Waals surface area contributed by atoms with Crippen LogP contribution in [0.2, 0.25) is 5.02 Å². The summed E-state index contributed by atoms with van der Waals surface area (Å²) in [6, 6.07) is 5.18. The summed E-state index contributed by atoms with van der Waals surface area (Å²) in [5.74, 6) is 1.37. The Labute approximate surface area is 120 Å². The van der Waals surface area contributed by atoms with Gasteiger partial charge in [-0.3, -0.25) is 0 Å². The lowest BCUT2D eigenvalue weighted by Gasteiger charge is -2.23. The number of likely N-dealkylation sites (N-methyl/N-ethyl adjacent to an activating group) is 1. The van der Waals surface area contributed by atoms with E-state index in [9.17, 15) is 4.39 Å². The molecule has 1 saturated carbocycles. The maximum atomic E-state index is 13.8. The molecular formula is C16H23ClFN. The lowest BCUT2D eigenvalue weighted by Crippen LogP contribution is -2.34. The second-order valence-electron chi connectivity index (χ2n) is 5.68. The summed E-state index contributed by atoms with van der Waals surface area (Å²) in [5, 5.41) is 3.99. The standard InChI is InChI=1S/C16H23ClFN/c1-3-11-4-5-12(8-11)16(19-2)10-13-9-14(17)6-7-15(13)18/h6-7,9,11-12,16,19H,3-5,8,10H2,1-2H3. The average molecular weight is 284 g/mol. The zero-order valence-electron chi connectivity index (χ0n) is 11.8. The van der Waals surface area contributed by atoms with Crippen molar-refractivity contribution in [1.82, 2.24) is 5.32 Å². The lowest BCUT2D eigenvalue weighted by molar-refractivity contribution is 0.358. The van der Waals surface area contributed by atoms with Gasteiger partial charge in [-0.25, -0.2) is 4.39 Å². The maximum absolute atomic E-state index is 13.8. The molecule has 3 heteroatoms. The summed E-state index contributed by atoms with van der Waals surface area (Å²) in [5.41, 5.74) is 0.729. The van der Waals surface area contributed by atoms with Crippen molar-refractivity contribution in [3.05, 3.63) is 34.6 Å². The SMILES string of the molecule is CCC1CCC(C(Cc2cc(Cl)ccc2F)NC)C1. The Morgan fingerprint density at radius 3 is 2.84 bits per heavy atom. The zero-order valence-corrected chi connectivity index (χ0v) is 12.5. The van der Waals surface area contributed by atoms with Crippen molar-refractivity contribution < 1.29 is 4.39 Å². The van der Waals surface area contributed by atoms with Gasteiger partial charge in [0.25, 0.3) is 0 Å². The maximum Gasteiger partial charge on any atom is 0.126 e. The smallest absolute Gasteiger partial charge is 0.126 e. The van der Waals surface area contributed by atoms with E-state index in [0.29, 0.717) is 17.0 Å². The van der Waals surface area contributed by atoms with Gasteiger partial charge in [-0.15, -0.1) is 0 Å². The molecule has 19 heavy (non-hydrogen) atoms. The van der Waals surface area contributed by atoms with Crippen LogP contribution in [0.4, 0.5) is 4.39 Å². The minimum atomic E-state index is -0.144. The summed E-state index contributed by atoms with van der Waals surface area (Å²) >= 11 is 5.96. The van der Waals surface area contributed by atoms with E-state index >= 15 is 0 Å². The molecule has 3 atom stereocenters. The van der Waals surface area contributed by atoms with E-state index in [-0.39, 0.29) is 5.82 Å². The molecule has 1 nitrogen and oxygen atoms in total. The summed E-state index contributed by atoms with van der Waals surface area (Å²) in [4.78, 5) is 0. The lowest BCUT2D eigenvalue weighted by atomic mass is 9.91. The molecule has 2 rings (SSSR count). The van der Waals surface area contributed by atoms with E-state index in [1.165, 1.54) is 31.7 Å². The van der Waals surface area contributed by atoms with Crippen LogP contribution in [0.3, 0.4) is 0 Å². The van der Waals surface area contributed by atoms with Crippen molar-refractivity contribution in [2.24, 2.45) is 11.8 Å². The van der Waals surface area contributed by atoms with Crippen LogP contribution in [-0.2, 0) is 6.42 Å². The van der Waals surface area contributed by atoms with Crippen LogP contribution in [0.25, 0.3) is 0 Å². The summed E-state index contributed by atoms with van der Waals surface area (Å²) in [7, 11) is 1.98. The monoisotopic (exact) mass is 283 g/mol. The Morgan fingerprint density at radius 1 is 1.42 bits per heavy atom. The number of rotatable bonds is 5. The highest BCUT2D eigenvalue weighted by molar-refractivity contribution is 6.30. The molecule has 1 aliphatic carbocycles. The molecule has 0 aromatic heterocycles. The highest BCUT2D eigenvalue weighted by Gasteiger charge is 2.29. The molecule has 0 radical (unpaired) electrons. The first-order valence-corrected chi connectivity index (χ1v) is 7.63. The predicted octanol–water partition coefficient (Wildman–Crippen LogP) is 4.44. The Bertz CT molecular complexity index is 421. The van der Waals surface area contributed by atoms with E-state index < -0.39 is 0 Å². The second-order valence-corrected chi connectivity index (χ2v) is 6.12. The Hall–Kier alpha value is -0.600. The number of benzene rings is 1. The van der Waals surface area contributed by atoms with Gasteiger partial charge in [0.15, 0.2) is 0 Å². The molecule has 1 fully saturated rings. The van der Waals surface area contributed by atoms with Crippen molar-refractivity contribution in [2.75, 3.05) is 7.05 Å². The van der Waals surface area contributed by atoms with Crippen LogP contribution in [0.5, 0.6) is 0 Å². The molecule has 0 aliphatic heterocycles. The van der Waals surface area contributed by atoms with Crippen molar-refractivity contribution in [1.29, 1.82) is 0 Å². The van der Waals surface area contributed by atoms with Crippen LogP contribution in [-0.4, -0.2) is 13.1 Å². The summed E-state index contributed by atoms with van der Waals surface area (Å²) in [6.07, 6.45) is 5.83. The molecule has 0 spiro atoms. The summed E-state index contributed by atoms with van der Waals surface area (Å²) < 4.78 is 13.8. The molecule has 0 saturated heterocycles. The van der Waals surface area contributed by atoms with E-state index in [0.717, 1.165) is 17.9 Å². The molecule has 0 bridgehead atoms. The van der Waals surface area contributed by atoms with E-state index in [4.69, 9.17) is 11.6 Å². The predicted molar refractivity (Wildman–Crippen MR) is 79.1 cm³/mol. The molecule has 1 aliphatic rings. The quantitative estimate of drug-likeness (QED) is 0.843. The Kier molecular flexibility index (Phi) is 5.23. The second kappa shape index (κ2) is 6.71. The van der Waals surface area contributed by atoms with Crippen LogP contribution in [0.1, 0.15) is 38.2 Å². The third kappa shape index (κ3) is 3.70. The van der Waals surface area contributed by atoms with Crippen LogP contribution in [0, 0.1) is 17.7 Å². The first-order valence-electron chi connectivity index (χ1n) is 7.25. The van der Waals surface area contributed by atoms with Gasteiger partial charge in [-0.2, -0.15) is 0 Å². The average Bonchev–Trinajstić information content (AvgIpc) is 2.88. The van der Waals surface area contributed by atoms with Crippen LogP contribution < -0.4 is 5.32 Å². The Morgan fingerprint density at radius 2 is 2.21 bits per heavy atom. The third-order valence-corrected chi connectivity index (χ3v) is 4.78. The number of hydrogen-bond acceptors (Lipinski definition) is 1. The topological polar surface area (TPSA) is 12.0 Å². The first kappa shape index (κ1) is 14.8. The molecule has 3 unspecified atom stereocenters. The third-order valence-electron chi connectivity index (χ3n) is 4.55. The molecular weight excluding hydrogens is 261 g/mol. The minimum absolute atomic E-state index is 0.144. The molecule has 0 heterocycles. The van der Waals surface area contributed by atoms with Gasteiger partial charge in [0.2, 0.25) is 0 Å². The fourth-order valence-electron chi connectivity index (χ4n) is 3.29. The molecule has 1 aromatic rings. The van der Waals surface area contributed by atoms with E-state index in [1.807, 2.05) is 7.05 Å². The summed E-state index contributed by atoms with van der Waals surface area (Å²) in [6.45, 7) is 2.26. The fraction of sp³-hybridized carbons (Fsp3) is 0.625. The first-order chi connectivity index (χ1) is 9.13. The minimum Gasteiger partial charge on any atom is -0.316 e. The highest BCUT2D eigenvalue weighted by atomic mass is 35.5. The van der Waals surface area contributed by atoms with Crippen LogP contribution in [0.15, 0.2) is 18.2 Å². The van der Waals surface area contributed by atoms with Crippen molar-refractivity contribution in [3.63, 3.8) is 0 Å². The highest BCUT2D eigenvalue weighted by Crippen LogP contribution is 2.36. The van der Waals surface area contributed by atoms with Crippen molar-refractivity contribution in [2.45, 2.75) is 45.1 Å². The van der Waals surface area contributed by atoms with Gasteiger partial charge in [-0.1, -0.05) is 31.4 Å². The van der Waals surface area contributed by atoms with Gasteiger partial charge in [0.05, 0.1) is 0 Å². The molecule has 1 aromatic carbocycles. The van der Waals surface area contributed by atoms with Gasteiger partial charge in [0.1, 0.15) is 5.82 Å². The molecule has 0 amide bonds. The van der Waals surface area contributed by atoms with E-state index in [2.05, 4.69) is 12.2 Å².